The normalized spacial score (nSPS) is 21.9. The summed E-state index contributed by atoms with van der Waals surface area (Å²) in [5, 5.41) is 19.3. The Morgan fingerprint density at radius 3 is 2.60 bits per heavy atom. The number of β-amino-alcohol motifs (C(OH)–C–C–N with tert-alkyl or cyclic N) is 1. The Morgan fingerprint density at radius 1 is 1.37 bits per heavy atom. The van der Waals surface area contributed by atoms with Crippen LogP contribution in [0.25, 0.3) is 0 Å². The van der Waals surface area contributed by atoms with Crippen LogP contribution in [0.5, 0.6) is 5.75 Å². The molecule has 0 aliphatic carbocycles. The second-order valence-electron chi connectivity index (χ2n) is 7.99. The first-order valence-electron chi connectivity index (χ1n) is 9.33. The fraction of sp³-hybridized carbons (Fsp3) is 0.474. The smallest absolute Gasteiger partial charge is 0.262 e. The molecule has 9 nitrogen and oxygen atoms in total. The number of benzene rings is 1. The molecule has 1 aliphatic heterocycles. The molecule has 1 amide bonds. The minimum atomic E-state index is -4.11. The van der Waals surface area contributed by atoms with Crippen molar-refractivity contribution in [1.29, 1.82) is 0 Å². The third-order valence-electron chi connectivity index (χ3n) is 5.19. The summed E-state index contributed by atoms with van der Waals surface area (Å²) in [6.45, 7) is 5.37. The molecule has 0 spiro atoms. The van der Waals surface area contributed by atoms with Crippen molar-refractivity contribution in [1.82, 2.24) is 14.2 Å². The predicted octanol–water partition coefficient (Wildman–Crippen LogP) is 1.69. The van der Waals surface area contributed by atoms with E-state index in [1.165, 1.54) is 35.8 Å². The van der Waals surface area contributed by atoms with E-state index in [-0.39, 0.29) is 17.9 Å². The van der Waals surface area contributed by atoms with Gasteiger partial charge in [-0.2, -0.15) is 4.31 Å². The van der Waals surface area contributed by atoms with E-state index in [0.29, 0.717) is 12.4 Å². The maximum Gasteiger partial charge on any atom is 0.262 e. The number of amides is 1. The van der Waals surface area contributed by atoms with Crippen LogP contribution in [-0.2, 0) is 21.4 Å². The quantitative estimate of drug-likeness (QED) is 0.446. The maximum atomic E-state index is 13.3. The van der Waals surface area contributed by atoms with E-state index >= 15 is 0 Å². The molecule has 0 radical (unpaired) electrons. The van der Waals surface area contributed by atoms with Crippen LogP contribution in [0.2, 0.25) is 0 Å². The number of sulfonamides is 1. The van der Waals surface area contributed by atoms with Gasteiger partial charge in [-0.3, -0.25) is 10.0 Å². The second-order valence-corrected chi connectivity index (χ2v) is 10.8. The van der Waals surface area contributed by atoms with Gasteiger partial charge in [-0.25, -0.2) is 18.3 Å². The molecule has 3 rings (SSSR count). The number of aromatic nitrogens is 1. The summed E-state index contributed by atoms with van der Waals surface area (Å²) < 4.78 is 37.2. The molecule has 3 N–H and O–H groups in total. The number of hydrogen-bond acceptors (Lipinski definition) is 8. The Hall–Kier alpha value is -2.05. The van der Waals surface area contributed by atoms with Gasteiger partial charge in [0.1, 0.15) is 18.4 Å². The summed E-state index contributed by atoms with van der Waals surface area (Å²) in [5.74, 6) is -0.347. The maximum absolute atomic E-state index is 13.3. The SMILES string of the molecule is Cc1cnsc1COc1ccc(S(=O)(=O)N2C[C@H](O)CC(C)(C)[C@@H]2C(=O)NO)cc1. The Labute approximate surface area is 179 Å². The van der Waals surface area contributed by atoms with E-state index in [1.54, 1.807) is 25.5 Å². The van der Waals surface area contributed by atoms with Gasteiger partial charge in [-0.15, -0.1) is 0 Å². The van der Waals surface area contributed by atoms with E-state index in [1.807, 2.05) is 6.92 Å². The summed E-state index contributed by atoms with van der Waals surface area (Å²) in [6.07, 6.45) is 1.05. The number of ether oxygens (including phenoxy) is 1. The Balaban J connectivity index is 1.84. The van der Waals surface area contributed by atoms with Gasteiger partial charge in [-0.05, 0) is 60.1 Å². The number of rotatable bonds is 6. The molecule has 2 heterocycles. The van der Waals surface area contributed by atoms with Gasteiger partial charge in [0, 0.05) is 12.7 Å². The average molecular weight is 456 g/mol. The van der Waals surface area contributed by atoms with Crippen LogP contribution >= 0.6 is 11.5 Å². The third-order valence-corrected chi connectivity index (χ3v) is 7.90. The molecular weight excluding hydrogens is 430 g/mol. The van der Waals surface area contributed by atoms with Crippen molar-refractivity contribution in [2.75, 3.05) is 6.54 Å². The minimum absolute atomic E-state index is 0.0375. The van der Waals surface area contributed by atoms with Gasteiger partial charge in [0.15, 0.2) is 0 Å². The molecule has 1 aromatic carbocycles. The van der Waals surface area contributed by atoms with Gasteiger partial charge in [0.05, 0.1) is 15.9 Å². The van der Waals surface area contributed by atoms with Gasteiger partial charge in [0.2, 0.25) is 10.0 Å². The molecule has 1 aromatic heterocycles. The van der Waals surface area contributed by atoms with Crippen molar-refractivity contribution in [3.8, 4) is 5.75 Å². The molecule has 11 heteroatoms. The summed E-state index contributed by atoms with van der Waals surface area (Å²) in [7, 11) is -4.11. The van der Waals surface area contributed by atoms with Gasteiger partial charge in [0.25, 0.3) is 5.91 Å². The Kier molecular flexibility index (Phi) is 6.48. The first-order chi connectivity index (χ1) is 14.1. The van der Waals surface area contributed by atoms with Crippen molar-refractivity contribution < 1.29 is 28.3 Å². The van der Waals surface area contributed by atoms with Crippen molar-refractivity contribution >= 4 is 27.5 Å². The van der Waals surface area contributed by atoms with Crippen LogP contribution in [0.4, 0.5) is 0 Å². The lowest BCUT2D eigenvalue weighted by Crippen LogP contribution is -2.62. The topological polar surface area (TPSA) is 129 Å². The monoisotopic (exact) mass is 455 g/mol. The highest BCUT2D eigenvalue weighted by Crippen LogP contribution is 2.38. The molecule has 1 saturated heterocycles. The van der Waals surface area contributed by atoms with E-state index in [2.05, 4.69) is 4.37 Å². The number of piperidine rings is 1. The van der Waals surface area contributed by atoms with Crippen LogP contribution in [0.1, 0.15) is 30.7 Å². The summed E-state index contributed by atoms with van der Waals surface area (Å²) in [4.78, 5) is 13.2. The van der Waals surface area contributed by atoms with Gasteiger partial charge < -0.3 is 9.84 Å². The Bertz CT molecular complexity index is 1000. The van der Waals surface area contributed by atoms with Crippen molar-refractivity contribution in [3.63, 3.8) is 0 Å². The van der Waals surface area contributed by atoms with Crippen LogP contribution in [0.15, 0.2) is 35.4 Å². The molecule has 1 aliphatic rings. The van der Waals surface area contributed by atoms with Gasteiger partial charge >= 0.3 is 0 Å². The highest BCUT2D eigenvalue weighted by atomic mass is 32.2. The van der Waals surface area contributed by atoms with Crippen molar-refractivity contribution in [3.05, 3.63) is 40.9 Å². The van der Waals surface area contributed by atoms with Crippen LogP contribution in [-0.4, -0.2) is 52.0 Å². The number of hydroxylamine groups is 1. The number of carbonyl (C=O) groups is 1. The number of nitrogens with zero attached hydrogens (tertiary/aromatic N) is 2. The summed E-state index contributed by atoms with van der Waals surface area (Å²) in [6, 6.07) is 4.70. The van der Waals surface area contributed by atoms with Crippen LogP contribution < -0.4 is 10.2 Å². The number of aryl methyl sites for hydroxylation is 1. The highest BCUT2D eigenvalue weighted by Gasteiger charge is 2.50. The van der Waals surface area contributed by atoms with E-state index in [4.69, 9.17) is 9.94 Å². The first kappa shape index (κ1) is 22.6. The van der Waals surface area contributed by atoms with E-state index in [9.17, 15) is 18.3 Å². The number of aliphatic hydroxyl groups excluding tert-OH is 1. The molecule has 164 valence electrons. The molecule has 1 fully saturated rings. The number of carbonyl (C=O) groups excluding carboxylic acids is 1. The summed E-state index contributed by atoms with van der Waals surface area (Å²) >= 11 is 1.34. The molecule has 2 aromatic rings. The van der Waals surface area contributed by atoms with E-state index in [0.717, 1.165) is 14.7 Å². The van der Waals surface area contributed by atoms with Crippen molar-refractivity contribution in [2.45, 2.75) is 50.8 Å². The zero-order valence-corrected chi connectivity index (χ0v) is 18.5. The lowest BCUT2D eigenvalue weighted by atomic mass is 9.76. The molecule has 30 heavy (non-hydrogen) atoms. The van der Waals surface area contributed by atoms with Gasteiger partial charge in [-0.1, -0.05) is 13.8 Å². The van der Waals surface area contributed by atoms with E-state index < -0.39 is 33.5 Å². The number of aliphatic hydroxyl groups is 1. The third kappa shape index (κ3) is 4.49. The largest absolute Gasteiger partial charge is 0.488 e. The molecule has 0 unspecified atom stereocenters. The Morgan fingerprint density at radius 2 is 2.03 bits per heavy atom. The van der Waals surface area contributed by atoms with Crippen molar-refractivity contribution in [2.24, 2.45) is 5.41 Å². The summed E-state index contributed by atoms with van der Waals surface area (Å²) in [5.41, 5.74) is 1.70. The molecule has 0 bridgehead atoms. The molecular formula is C19H25N3O6S2. The predicted molar refractivity (Wildman–Crippen MR) is 110 cm³/mol. The zero-order chi connectivity index (χ0) is 22.1. The average Bonchev–Trinajstić information content (AvgIpc) is 3.09. The second kappa shape index (κ2) is 8.60. The fourth-order valence-electron chi connectivity index (χ4n) is 3.72. The zero-order valence-electron chi connectivity index (χ0n) is 16.9. The van der Waals surface area contributed by atoms with Crippen LogP contribution in [0.3, 0.4) is 0 Å². The fourth-order valence-corrected chi connectivity index (χ4v) is 6.14. The first-order valence-corrected chi connectivity index (χ1v) is 11.5. The highest BCUT2D eigenvalue weighted by molar-refractivity contribution is 7.89. The lowest BCUT2D eigenvalue weighted by Gasteiger charge is -2.45. The van der Waals surface area contributed by atoms with Crippen LogP contribution in [0, 0.1) is 12.3 Å². The number of nitrogens with one attached hydrogen (secondary N) is 1. The minimum Gasteiger partial charge on any atom is -0.488 e. The number of hydrogen-bond donors (Lipinski definition) is 3. The lowest BCUT2D eigenvalue weighted by molar-refractivity contribution is -0.140. The standard InChI is InChI=1S/C19H25N3O6S2/c1-12-9-20-29-16(12)11-28-14-4-6-15(7-5-14)30(26,27)22-10-13(23)8-19(2,3)17(22)18(24)21-25/h4-7,9,13,17,23,25H,8,10-11H2,1-3H3,(H,21,24)/t13-,17+/m1/s1. The molecule has 2 atom stereocenters. The molecule has 0 saturated carbocycles.